The number of aliphatic hydroxyl groups excluding tert-OH is 1. The first-order valence-electron chi connectivity index (χ1n) is 39.1. The number of hydrogen-bond donors (Lipinski definition) is 3. The largest absolute Gasteiger partial charge is 0.472 e. The molecule has 0 aromatic rings. The Bertz CT molecular complexity index is 1410. The Morgan fingerprint density at radius 1 is 0.384 bits per heavy atom. The van der Waals surface area contributed by atoms with Crippen LogP contribution in [-0.2, 0) is 18.4 Å². The summed E-state index contributed by atoms with van der Waals surface area (Å²) in [6.07, 6.45) is 89.8. The van der Waals surface area contributed by atoms with Gasteiger partial charge >= 0.3 is 7.82 Å². The Kier molecular flexibility index (Phi) is 68.0. The molecule has 0 heterocycles. The van der Waals surface area contributed by atoms with Crippen molar-refractivity contribution in [3.63, 3.8) is 0 Å². The first-order valence-corrected chi connectivity index (χ1v) is 40.6. The standard InChI is InChI=1S/C77H155N2O6P/c1-6-8-10-12-14-16-18-20-22-24-26-28-30-32-33-34-35-36-37-38-39-40-41-42-43-44-45-47-49-51-53-55-57-59-61-63-65-67-69-71-77(81)78-75(74-85-86(82,83)84-73-72-79(3,4)5)76(80)70-68-66-64-62-60-58-56-54-52-50-48-46-31-29-27-25-23-21-19-17-15-13-11-9-7-2/h68,70,75-76,80H,6-67,69,71-74H2,1-5H3,(H-,78,81,82,83)/p+1/b70-68+. The number of nitrogens with one attached hydrogen (secondary N) is 1. The molecular weight excluding hydrogens is 1080 g/mol. The van der Waals surface area contributed by atoms with Gasteiger partial charge in [0, 0.05) is 6.42 Å². The van der Waals surface area contributed by atoms with Crippen LogP contribution in [0.25, 0.3) is 0 Å². The van der Waals surface area contributed by atoms with E-state index in [2.05, 4.69) is 19.2 Å². The van der Waals surface area contributed by atoms with E-state index >= 15 is 0 Å². The molecule has 0 saturated carbocycles. The number of quaternary nitrogens is 1. The van der Waals surface area contributed by atoms with Crippen molar-refractivity contribution in [3.8, 4) is 0 Å². The summed E-state index contributed by atoms with van der Waals surface area (Å²) in [5, 5.41) is 14.0. The molecule has 0 radical (unpaired) electrons. The van der Waals surface area contributed by atoms with Gasteiger partial charge in [-0.1, -0.05) is 411 Å². The fourth-order valence-corrected chi connectivity index (χ4v) is 13.2. The zero-order valence-corrected chi connectivity index (χ0v) is 60.0. The molecule has 0 aromatic carbocycles. The molecule has 0 rings (SSSR count). The van der Waals surface area contributed by atoms with Crippen molar-refractivity contribution in [1.82, 2.24) is 5.32 Å². The zero-order chi connectivity index (χ0) is 62.6. The number of allylic oxidation sites excluding steroid dienone is 1. The van der Waals surface area contributed by atoms with Crippen molar-refractivity contribution in [3.05, 3.63) is 12.2 Å². The number of amides is 1. The van der Waals surface area contributed by atoms with E-state index in [1.807, 2.05) is 27.2 Å². The fraction of sp³-hybridized carbons (Fsp3) is 0.961. The Labute approximate surface area is 539 Å². The number of hydrogen-bond acceptors (Lipinski definition) is 5. The lowest BCUT2D eigenvalue weighted by Crippen LogP contribution is -2.45. The van der Waals surface area contributed by atoms with Gasteiger partial charge in [-0.15, -0.1) is 0 Å². The molecule has 0 aliphatic heterocycles. The second kappa shape index (κ2) is 68.6. The summed E-state index contributed by atoms with van der Waals surface area (Å²) in [6.45, 7) is 4.90. The lowest BCUT2D eigenvalue weighted by molar-refractivity contribution is -0.870. The van der Waals surface area contributed by atoms with E-state index in [4.69, 9.17) is 9.05 Å². The highest BCUT2D eigenvalue weighted by Crippen LogP contribution is 2.43. The van der Waals surface area contributed by atoms with Crippen LogP contribution < -0.4 is 5.32 Å². The van der Waals surface area contributed by atoms with Crippen LogP contribution in [-0.4, -0.2) is 73.4 Å². The number of phosphoric ester groups is 1. The van der Waals surface area contributed by atoms with Crippen LogP contribution in [0, 0.1) is 0 Å². The van der Waals surface area contributed by atoms with E-state index in [1.54, 1.807) is 6.08 Å². The van der Waals surface area contributed by atoms with Crippen LogP contribution in [0.1, 0.15) is 425 Å². The number of carbonyl (C=O) groups excluding carboxylic acids is 1. The summed E-state index contributed by atoms with van der Waals surface area (Å²) in [5.41, 5.74) is 0. The molecule has 0 aliphatic carbocycles. The number of unbranched alkanes of at least 4 members (excludes halogenated alkanes) is 61. The molecular formula is C77H156N2O6P+. The lowest BCUT2D eigenvalue weighted by Gasteiger charge is -2.25. The number of aliphatic hydroxyl groups is 1. The van der Waals surface area contributed by atoms with E-state index in [0.717, 1.165) is 32.1 Å². The number of likely N-dealkylation sites (N-methyl/N-ethyl adjacent to an activating group) is 1. The molecule has 1 amide bonds. The van der Waals surface area contributed by atoms with E-state index in [-0.39, 0.29) is 19.1 Å². The monoisotopic (exact) mass is 1240 g/mol. The van der Waals surface area contributed by atoms with Crippen molar-refractivity contribution in [2.75, 3.05) is 40.9 Å². The second-order valence-corrected chi connectivity index (χ2v) is 29.9. The molecule has 0 fully saturated rings. The first-order chi connectivity index (χ1) is 42.0. The molecule has 3 atom stereocenters. The fourth-order valence-electron chi connectivity index (χ4n) is 12.5. The van der Waals surface area contributed by atoms with Gasteiger partial charge in [-0.3, -0.25) is 13.8 Å². The summed E-state index contributed by atoms with van der Waals surface area (Å²) in [6, 6.07) is -0.844. The quantitative estimate of drug-likeness (QED) is 0.0243. The van der Waals surface area contributed by atoms with Gasteiger partial charge in [0.1, 0.15) is 13.2 Å². The van der Waals surface area contributed by atoms with Gasteiger partial charge in [0.15, 0.2) is 0 Å². The molecule has 0 aromatic heterocycles. The molecule has 0 aliphatic rings. The molecule has 86 heavy (non-hydrogen) atoms. The van der Waals surface area contributed by atoms with Crippen molar-refractivity contribution in [2.24, 2.45) is 0 Å². The predicted molar refractivity (Wildman–Crippen MR) is 379 cm³/mol. The lowest BCUT2D eigenvalue weighted by atomic mass is 10.0. The highest BCUT2D eigenvalue weighted by Gasteiger charge is 2.28. The van der Waals surface area contributed by atoms with E-state index in [0.29, 0.717) is 17.4 Å². The Morgan fingerprint density at radius 2 is 0.616 bits per heavy atom. The SMILES string of the molecule is CCCCCCCCCCCCCCCCCCCCCCCCC/C=C/C(O)C(COP(=O)(O)OCC[N+](C)(C)C)NC(=O)CCCCCCCCCCCCCCCCCCCCCCCCCCCCCCCCCCCCCCCCC. The van der Waals surface area contributed by atoms with Crippen LogP contribution in [0.15, 0.2) is 12.2 Å². The second-order valence-electron chi connectivity index (χ2n) is 28.5. The number of carbonyl (C=O) groups is 1. The van der Waals surface area contributed by atoms with Crippen molar-refractivity contribution in [1.29, 1.82) is 0 Å². The van der Waals surface area contributed by atoms with Crippen LogP contribution in [0.5, 0.6) is 0 Å². The molecule has 514 valence electrons. The minimum atomic E-state index is -4.35. The molecule has 0 bridgehead atoms. The summed E-state index contributed by atoms with van der Waals surface area (Å²) in [7, 11) is 1.60. The smallest absolute Gasteiger partial charge is 0.387 e. The topological polar surface area (TPSA) is 105 Å². The predicted octanol–water partition coefficient (Wildman–Crippen LogP) is 25.2. The number of nitrogens with zero attached hydrogens (tertiary/aromatic N) is 1. The maximum Gasteiger partial charge on any atom is 0.472 e. The van der Waals surface area contributed by atoms with Gasteiger partial charge in [0.25, 0.3) is 0 Å². The Balaban J connectivity index is 3.90. The third-order valence-electron chi connectivity index (χ3n) is 18.5. The number of phosphoric acid groups is 1. The van der Waals surface area contributed by atoms with Gasteiger partial charge in [-0.25, -0.2) is 4.57 Å². The average molecular weight is 1240 g/mol. The van der Waals surface area contributed by atoms with E-state index in [9.17, 15) is 19.4 Å². The van der Waals surface area contributed by atoms with Crippen LogP contribution in [0.3, 0.4) is 0 Å². The van der Waals surface area contributed by atoms with Crippen LogP contribution in [0.4, 0.5) is 0 Å². The van der Waals surface area contributed by atoms with Crippen molar-refractivity contribution < 1.29 is 32.9 Å². The Hall–Kier alpha value is -0.760. The molecule has 3 N–H and O–H groups in total. The maximum absolute atomic E-state index is 13.1. The zero-order valence-electron chi connectivity index (χ0n) is 59.1. The molecule has 3 unspecified atom stereocenters. The van der Waals surface area contributed by atoms with E-state index < -0.39 is 20.0 Å². The maximum atomic E-state index is 13.1. The first kappa shape index (κ1) is 85.2. The molecule has 8 nitrogen and oxygen atoms in total. The van der Waals surface area contributed by atoms with E-state index in [1.165, 1.54) is 372 Å². The van der Waals surface area contributed by atoms with Crippen LogP contribution >= 0.6 is 7.82 Å². The molecule has 0 spiro atoms. The summed E-state index contributed by atoms with van der Waals surface area (Å²) in [5.74, 6) is -0.166. The van der Waals surface area contributed by atoms with Crippen LogP contribution in [0.2, 0.25) is 0 Å². The summed E-state index contributed by atoms with van der Waals surface area (Å²) >= 11 is 0. The molecule has 0 saturated heterocycles. The van der Waals surface area contributed by atoms with Gasteiger partial charge in [0.05, 0.1) is 39.9 Å². The summed E-state index contributed by atoms with van der Waals surface area (Å²) in [4.78, 5) is 23.5. The third-order valence-corrected chi connectivity index (χ3v) is 19.5. The third kappa shape index (κ3) is 70.7. The van der Waals surface area contributed by atoms with Crippen molar-refractivity contribution >= 4 is 13.7 Å². The minimum absolute atomic E-state index is 0.0656. The van der Waals surface area contributed by atoms with Crippen molar-refractivity contribution in [2.45, 2.75) is 437 Å². The highest BCUT2D eigenvalue weighted by molar-refractivity contribution is 7.47. The van der Waals surface area contributed by atoms with Gasteiger partial charge in [-0.05, 0) is 19.3 Å². The van der Waals surface area contributed by atoms with Gasteiger partial charge < -0.3 is 19.8 Å². The summed E-state index contributed by atoms with van der Waals surface area (Å²) < 4.78 is 23.9. The van der Waals surface area contributed by atoms with Gasteiger partial charge in [0.2, 0.25) is 5.91 Å². The minimum Gasteiger partial charge on any atom is -0.387 e. The Morgan fingerprint density at radius 3 is 0.860 bits per heavy atom. The number of rotatable bonds is 74. The average Bonchev–Trinajstić information content (AvgIpc) is 3.70. The van der Waals surface area contributed by atoms with Gasteiger partial charge in [-0.2, -0.15) is 0 Å². The highest BCUT2D eigenvalue weighted by atomic mass is 31.2. The molecule has 9 heteroatoms. The normalized spacial score (nSPS) is 13.5.